The van der Waals surface area contributed by atoms with Crippen LogP contribution in [-0.4, -0.2) is 62.7 Å². The standard InChI is InChI=1S/C19H25N5O2/c1-13(25)23-9-6-15(7-10-23)19(26)24-11-4-14(5-12-24)17-21-16-3-2-8-20-18(16)22-17/h2-3,8,14-15H,4-7,9-12H2,1H3,(H,20,21,22). The average Bonchev–Trinajstić information content (AvgIpc) is 3.12. The largest absolute Gasteiger partial charge is 0.343 e. The Hall–Kier alpha value is -2.44. The molecule has 0 aromatic carbocycles. The summed E-state index contributed by atoms with van der Waals surface area (Å²) >= 11 is 0. The topological polar surface area (TPSA) is 82.2 Å². The van der Waals surface area contributed by atoms with Gasteiger partial charge >= 0.3 is 0 Å². The Bertz CT molecular complexity index is 768. The first-order valence-electron chi connectivity index (χ1n) is 9.47. The molecule has 2 fully saturated rings. The van der Waals surface area contributed by atoms with Crippen molar-refractivity contribution in [3.63, 3.8) is 0 Å². The number of likely N-dealkylation sites (tertiary alicyclic amines) is 2. The molecular formula is C19H25N5O2. The number of hydrogen-bond acceptors (Lipinski definition) is 4. The number of carbonyl (C=O) groups excluding carboxylic acids is 2. The van der Waals surface area contributed by atoms with Gasteiger partial charge in [0.1, 0.15) is 5.82 Å². The molecule has 26 heavy (non-hydrogen) atoms. The zero-order valence-electron chi connectivity index (χ0n) is 15.1. The Morgan fingerprint density at radius 2 is 1.77 bits per heavy atom. The number of amides is 2. The molecule has 4 rings (SSSR count). The molecule has 2 aromatic rings. The van der Waals surface area contributed by atoms with E-state index in [1.165, 1.54) is 0 Å². The second kappa shape index (κ2) is 7.05. The molecule has 2 aromatic heterocycles. The number of pyridine rings is 1. The van der Waals surface area contributed by atoms with Gasteiger partial charge in [-0.2, -0.15) is 0 Å². The molecule has 2 saturated heterocycles. The van der Waals surface area contributed by atoms with Gasteiger partial charge in [0.15, 0.2) is 5.65 Å². The van der Waals surface area contributed by atoms with Crippen molar-refractivity contribution in [2.45, 2.75) is 38.5 Å². The van der Waals surface area contributed by atoms with Crippen LogP contribution in [0.2, 0.25) is 0 Å². The molecule has 1 N–H and O–H groups in total. The predicted octanol–water partition coefficient (Wildman–Crippen LogP) is 1.92. The summed E-state index contributed by atoms with van der Waals surface area (Å²) in [5, 5.41) is 0. The van der Waals surface area contributed by atoms with Crippen molar-refractivity contribution in [3.8, 4) is 0 Å². The molecule has 2 aliphatic rings. The molecule has 4 heterocycles. The van der Waals surface area contributed by atoms with Gasteiger partial charge in [-0.1, -0.05) is 0 Å². The second-order valence-corrected chi connectivity index (χ2v) is 7.38. The minimum Gasteiger partial charge on any atom is -0.343 e. The van der Waals surface area contributed by atoms with E-state index < -0.39 is 0 Å². The quantitative estimate of drug-likeness (QED) is 0.892. The highest BCUT2D eigenvalue weighted by Gasteiger charge is 2.32. The van der Waals surface area contributed by atoms with Gasteiger partial charge in [-0.05, 0) is 37.8 Å². The van der Waals surface area contributed by atoms with Gasteiger partial charge in [0.05, 0.1) is 5.52 Å². The number of H-pyrrole nitrogens is 1. The second-order valence-electron chi connectivity index (χ2n) is 7.38. The summed E-state index contributed by atoms with van der Waals surface area (Å²) < 4.78 is 0. The lowest BCUT2D eigenvalue weighted by Gasteiger charge is -2.36. The molecule has 0 saturated carbocycles. The van der Waals surface area contributed by atoms with Gasteiger partial charge in [0.25, 0.3) is 0 Å². The SMILES string of the molecule is CC(=O)N1CCC(C(=O)N2CCC(c3nc4ncccc4[nH]3)CC2)CC1. The normalized spacial score (nSPS) is 19.9. The minimum absolute atomic E-state index is 0.0672. The van der Waals surface area contributed by atoms with E-state index in [4.69, 9.17) is 0 Å². The highest BCUT2D eigenvalue weighted by atomic mass is 16.2. The van der Waals surface area contributed by atoms with Crippen molar-refractivity contribution in [1.82, 2.24) is 24.8 Å². The molecule has 0 bridgehead atoms. The third-order valence-corrected chi connectivity index (χ3v) is 5.76. The maximum absolute atomic E-state index is 12.8. The van der Waals surface area contributed by atoms with E-state index in [-0.39, 0.29) is 17.7 Å². The molecular weight excluding hydrogens is 330 g/mol. The summed E-state index contributed by atoms with van der Waals surface area (Å²) in [5.74, 6) is 1.78. The van der Waals surface area contributed by atoms with E-state index in [9.17, 15) is 9.59 Å². The summed E-state index contributed by atoms with van der Waals surface area (Å²) in [4.78, 5) is 40.3. The van der Waals surface area contributed by atoms with Crippen molar-refractivity contribution in [3.05, 3.63) is 24.2 Å². The van der Waals surface area contributed by atoms with Crippen LogP contribution in [0.25, 0.3) is 11.2 Å². The Morgan fingerprint density at radius 1 is 1.08 bits per heavy atom. The maximum Gasteiger partial charge on any atom is 0.225 e. The highest BCUT2D eigenvalue weighted by molar-refractivity contribution is 5.80. The van der Waals surface area contributed by atoms with Crippen molar-refractivity contribution >= 4 is 23.0 Å². The van der Waals surface area contributed by atoms with Crippen molar-refractivity contribution in [2.24, 2.45) is 5.92 Å². The number of imidazole rings is 1. The molecule has 0 aliphatic carbocycles. The van der Waals surface area contributed by atoms with Gasteiger partial charge in [0, 0.05) is 51.1 Å². The highest BCUT2D eigenvalue weighted by Crippen LogP contribution is 2.29. The van der Waals surface area contributed by atoms with Crippen LogP contribution in [-0.2, 0) is 9.59 Å². The van der Waals surface area contributed by atoms with Crippen LogP contribution in [0.3, 0.4) is 0 Å². The zero-order chi connectivity index (χ0) is 18.1. The van der Waals surface area contributed by atoms with Gasteiger partial charge in [-0.15, -0.1) is 0 Å². The molecule has 7 nitrogen and oxygen atoms in total. The third kappa shape index (κ3) is 3.30. The molecule has 0 unspecified atom stereocenters. The molecule has 2 amide bonds. The number of aromatic amines is 1. The van der Waals surface area contributed by atoms with Crippen LogP contribution in [0.15, 0.2) is 18.3 Å². The number of aromatic nitrogens is 3. The summed E-state index contributed by atoms with van der Waals surface area (Å²) in [6.45, 7) is 4.56. The van der Waals surface area contributed by atoms with Gasteiger partial charge in [-0.25, -0.2) is 9.97 Å². The first-order chi connectivity index (χ1) is 12.6. The lowest BCUT2D eigenvalue weighted by Crippen LogP contribution is -2.46. The van der Waals surface area contributed by atoms with Gasteiger partial charge in [-0.3, -0.25) is 9.59 Å². The molecule has 0 radical (unpaired) electrons. The lowest BCUT2D eigenvalue weighted by atomic mass is 9.92. The monoisotopic (exact) mass is 355 g/mol. The van der Waals surface area contributed by atoms with E-state index in [0.29, 0.717) is 19.0 Å². The number of nitrogens with one attached hydrogen (secondary N) is 1. The fourth-order valence-corrected chi connectivity index (χ4v) is 4.13. The molecule has 0 atom stereocenters. The van der Waals surface area contributed by atoms with E-state index in [1.54, 1.807) is 13.1 Å². The molecule has 2 aliphatic heterocycles. The summed E-state index contributed by atoms with van der Waals surface area (Å²) in [6, 6.07) is 3.90. The smallest absolute Gasteiger partial charge is 0.225 e. The first-order valence-corrected chi connectivity index (χ1v) is 9.47. The Balaban J connectivity index is 1.33. The predicted molar refractivity (Wildman–Crippen MR) is 97.4 cm³/mol. The van der Waals surface area contributed by atoms with Crippen molar-refractivity contribution < 1.29 is 9.59 Å². The van der Waals surface area contributed by atoms with Crippen LogP contribution in [0.1, 0.15) is 44.3 Å². The Kier molecular flexibility index (Phi) is 4.61. The van der Waals surface area contributed by atoms with E-state index in [1.807, 2.05) is 21.9 Å². The first kappa shape index (κ1) is 17.0. The number of rotatable bonds is 2. The van der Waals surface area contributed by atoms with E-state index in [0.717, 1.165) is 55.8 Å². The van der Waals surface area contributed by atoms with Crippen LogP contribution in [0.4, 0.5) is 0 Å². The average molecular weight is 355 g/mol. The van der Waals surface area contributed by atoms with Crippen LogP contribution < -0.4 is 0 Å². The Labute approximate surface area is 152 Å². The Morgan fingerprint density at radius 3 is 2.42 bits per heavy atom. The van der Waals surface area contributed by atoms with Crippen molar-refractivity contribution in [2.75, 3.05) is 26.2 Å². The molecule has 0 spiro atoms. The number of nitrogens with zero attached hydrogens (tertiary/aromatic N) is 4. The fourth-order valence-electron chi connectivity index (χ4n) is 4.13. The number of fused-ring (bicyclic) bond motifs is 1. The maximum atomic E-state index is 12.8. The van der Waals surface area contributed by atoms with Crippen LogP contribution >= 0.6 is 0 Å². The number of piperidine rings is 2. The lowest BCUT2D eigenvalue weighted by molar-refractivity contribution is -0.140. The number of hydrogen-bond donors (Lipinski definition) is 1. The molecule has 138 valence electrons. The van der Waals surface area contributed by atoms with Crippen LogP contribution in [0.5, 0.6) is 0 Å². The number of carbonyl (C=O) groups is 2. The van der Waals surface area contributed by atoms with Gasteiger partial charge < -0.3 is 14.8 Å². The van der Waals surface area contributed by atoms with Gasteiger partial charge in [0.2, 0.25) is 11.8 Å². The third-order valence-electron chi connectivity index (χ3n) is 5.76. The summed E-state index contributed by atoms with van der Waals surface area (Å²) in [6.07, 6.45) is 5.18. The van der Waals surface area contributed by atoms with E-state index >= 15 is 0 Å². The molecule has 7 heteroatoms. The zero-order valence-corrected chi connectivity index (χ0v) is 15.1. The summed E-state index contributed by atoms with van der Waals surface area (Å²) in [7, 11) is 0. The van der Waals surface area contributed by atoms with Crippen LogP contribution in [0, 0.1) is 5.92 Å². The minimum atomic E-state index is 0.0672. The summed E-state index contributed by atoms with van der Waals surface area (Å²) in [5.41, 5.74) is 1.73. The van der Waals surface area contributed by atoms with Crippen molar-refractivity contribution in [1.29, 1.82) is 0 Å². The van der Waals surface area contributed by atoms with E-state index in [2.05, 4.69) is 15.0 Å². The fraction of sp³-hybridized carbons (Fsp3) is 0.579.